The van der Waals surface area contributed by atoms with E-state index in [1.807, 2.05) is 51.2 Å². The highest BCUT2D eigenvalue weighted by Crippen LogP contribution is 2.30. The molecule has 5 rings (SSSR count). The van der Waals surface area contributed by atoms with Gasteiger partial charge in [0.2, 0.25) is 0 Å². The molecule has 0 saturated carbocycles. The Labute approximate surface area is 240 Å². The van der Waals surface area contributed by atoms with E-state index in [2.05, 4.69) is 9.88 Å². The third kappa shape index (κ3) is 6.99. The molecule has 2 atom stereocenters. The molecule has 0 bridgehead atoms. The third-order valence-electron chi connectivity index (χ3n) is 7.95. The van der Waals surface area contributed by atoms with E-state index in [0.29, 0.717) is 37.8 Å². The van der Waals surface area contributed by atoms with Crippen molar-refractivity contribution in [3.8, 4) is 17.1 Å². The molecule has 2 saturated heterocycles. The minimum Gasteiger partial charge on any atom is -0.492 e. The molecule has 0 aliphatic carbocycles. The maximum atomic E-state index is 12.7. The molecular formula is C31H42N4O6. The van der Waals surface area contributed by atoms with Crippen LogP contribution in [0.4, 0.5) is 0 Å². The molecule has 0 radical (unpaired) electrons. The maximum Gasteiger partial charge on any atom is 0.323 e. The van der Waals surface area contributed by atoms with Gasteiger partial charge in [-0.25, -0.2) is 4.98 Å². The number of aromatic nitrogens is 3. The zero-order valence-electron chi connectivity index (χ0n) is 24.6. The van der Waals surface area contributed by atoms with Gasteiger partial charge in [-0.1, -0.05) is 13.8 Å². The van der Waals surface area contributed by atoms with E-state index in [0.717, 1.165) is 67.2 Å². The lowest BCUT2D eigenvalue weighted by molar-refractivity contribution is -0.152. The second-order valence-electron chi connectivity index (χ2n) is 11.5. The van der Waals surface area contributed by atoms with Crippen molar-refractivity contribution in [2.45, 2.75) is 58.7 Å². The molecule has 2 aromatic heterocycles. The van der Waals surface area contributed by atoms with E-state index in [9.17, 15) is 9.59 Å². The van der Waals surface area contributed by atoms with Crippen LogP contribution in [-0.2, 0) is 32.6 Å². The molecule has 3 aromatic rings. The van der Waals surface area contributed by atoms with Crippen LogP contribution in [0, 0.1) is 18.8 Å². The van der Waals surface area contributed by atoms with Crippen LogP contribution in [-0.4, -0.2) is 71.8 Å². The van der Waals surface area contributed by atoms with Gasteiger partial charge >= 0.3 is 5.97 Å². The number of ether oxygens (including phenoxy) is 4. The van der Waals surface area contributed by atoms with Crippen molar-refractivity contribution in [3.05, 3.63) is 46.4 Å². The van der Waals surface area contributed by atoms with E-state index in [1.54, 1.807) is 11.6 Å². The Morgan fingerprint density at radius 1 is 1.15 bits per heavy atom. The largest absolute Gasteiger partial charge is 0.492 e. The van der Waals surface area contributed by atoms with Gasteiger partial charge in [0.05, 0.1) is 24.2 Å². The number of imidazole rings is 1. The number of esters is 1. The number of benzene rings is 1. The van der Waals surface area contributed by atoms with Crippen molar-refractivity contribution >= 4 is 17.0 Å². The zero-order chi connectivity index (χ0) is 28.9. The molecule has 10 nitrogen and oxygen atoms in total. The van der Waals surface area contributed by atoms with Crippen molar-refractivity contribution < 1.29 is 23.7 Å². The van der Waals surface area contributed by atoms with Crippen LogP contribution in [0.25, 0.3) is 22.4 Å². The molecule has 2 fully saturated rings. The number of carbonyl (C=O) groups excluding carboxylic acids is 1. The molecule has 1 unspecified atom stereocenters. The number of hydrogen-bond acceptors (Lipinski definition) is 8. The molecule has 1 aromatic carbocycles. The Morgan fingerprint density at radius 3 is 2.63 bits per heavy atom. The van der Waals surface area contributed by atoms with E-state index < -0.39 is 6.04 Å². The Bertz CT molecular complexity index is 1380. The lowest BCUT2D eigenvalue weighted by atomic mass is 10.00. The van der Waals surface area contributed by atoms with Gasteiger partial charge in [-0.3, -0.25) is 9.59 Å². The molecule has 222 valence electrons. The quantitative estimate of drug-likeness (QED) is 0.278. The van der Waals surface area contributed by atoms with Gasteiger partial charge in [0.25, 0.3) is 5.56 Å². The smallest absolute Gasteiger partial charge is 0.323 e. The van der Waals surface area contributed by atoms with Gasteiger partial charge in [0.15, 0.2) is 0 Å². The van der Waals surface area contributed by atoms with Gasteiger partial charge in [-0.2, -0.15) is 0 Å². The topological polar surface area (TPSA) is 106 Å². The van der Waals surface area contributed by atoms with Crippen LogP contribution in [0.3, 0.4) is 0 Å². The molecule has 1 N–H and O–H groups in total. The molecule has 4 heterocycles. The van der Waals surface area contributed by atoms with Crippen LogP contribution < -0.4 is 15.6 Å². The number of hydrogen-bond donors (Lipinski definition) is 1. The number of rotatable bonds is 11. The van der Waals surface area contributed by atoms with E-state index in [-0.39, 0.29) is 23.6 Å². The molecule has 0 spiro atoms. The normalized spacial score (nSPS) is 18.7. The number of pyridine rings is 1. The predicted molar refractivity (Wildman–Crippen MR) is 156 cm³/mol. The minimum atomic E-state index is -0.407. The van der Waals surface area contributed by atoms with Crippen molar-refractivity contribution in [1.29, 1.82) is 0 Å². The Kier molecular flexibility index (Phi) is 9.42. The summed E-state index contributed by atoms with van der Waals surface area (Å²) in [6.45, 7) is 10.2. The summed E-state index contributed by atoms with van der Waals surface area (Å²) in [4.78, 5) is 30.1. The van der Waals surface area contributed by atoms with Crippen LogP contribution in [0.5, 0.6) is 5.75 Å². The second kappa shape index (κ2) is 13.2. The lowest BCUT2D eigenvalue weighted by Crippen LogP contribution is -2.45. The number of aryl methyl sites for hydroxylation is 2. The second-order valence-corrected chi connectivity index (χ2v) is 11.5. The van der Waals surface area contributed by atoms with Gasteiger partial charge in [-0.15, -0.1) is 0 Å². The van der Waals surface area contributed by atoms with Crippen molar-refractivity contribution in [3.63, 3.8) is 0 Å². The molecule has 2 aliphatic rings. The van der Waals surface area contributed by atoms with Crippen molar-refractivity contribution in [1.82, 2.24) is 19.4 Å². The number of carbonyl (C=O) groups is 1. The first-order chi connectivity index (χ1) is 19.8. The fourth-order valence-corrected chi connectivity index (χ4v) is 5.60. The Morgan fingerprint density at radius 2 is 1.93 bits per heavy atom. The molecule has 41 heavy (non-hydrogen) atoms. The number of nitrogens with one attached hydrogen (secondary N) is 1. The lowest BCUT2D eigenvalue weighted by Gasteiger charge is -2.24. The van der Waals surface area contributed by atoms with Crippen molar-refractivity contribution in [2.75, 3.05) is 39.6 Å². The summed E-state index contributed by atoms with van der Waals surface area (Å²) >= 11 is 0. The van der Waals surface area contributed by atoms with Gasteiger partial charge < -0.3 is 33.4 Å². The van der Waals surface area contributed by atoms with Crippen LogP contribution in [0.2, 0.25) is 0 Å². The average Bonchev–Trinajstić information content (AvgIpc) is 3.59. The predicted octanol–water partition coefficient (Wildman–Crippen LogP) is 3.46. The van der Waals surface area contributed by atoms with E-state index in [4.69, 9.17) is 23.9 Å². The zero-order valence-corrected chi connectivity index (χ0v) is 24.6. The fourth-order valence-electron chi connectivity index (χ4n) is 5.60. The van der Waals surface area contributed by atoms with E-state index >= 15 is 0 Å². The van der Waals surface area contributed by atoms with Gasteiger partial charge in [0.1, 0.15) is 30.3 Å². The van der Waals surface area contributed by atoms with Gasteiger partial charge in [-0.05, 0) is 49.8 Å². The summed E-state index contributed by atoms with van der Waals surface area (Å²) < 4.78 is 26.6. The SMILES string of the molecule is Cc1cc(-c2nc3ccc(OCCN[C@H](C(=O)OC4CCOC4)C(C)C)cc3n2CC2CCOCC2)cn(C)c1=O. The van der Waals surface area contributed by atoms with Crippen LogP contribution >= 0.6 is 0 Å². The number of nitrogens with zero attached hydrogens (tertiary/aromatic N) is 3. The summed E-state index contributed by atoms with van der Waals surface area (Å²) in [5.41, 5.74) is 3.46. The first-order valence-electron chi connectivity index (χ1n) is 14.7. The van der Waals surface area contributed by atoms with Gasteiger partial charge in [0, 0.05) is 63.2 Å². The third-order valence-corrected chi connectivity index (χ3v) is 7.95. The Balaban J connectivity index is 1.32. The summed E-state index contributed by atoms with van der Waals surface area (Å²) in [6.07, 6.45) is 4.45. The highest BCUT2D eigenvalue weighted by molar-refractivity contribution is 5.82. The van der Waals surface area contributed by atoms with E-state index in [1.165, 1.54) is 0 Å². The fraction of sp³-hybridized carbons (Fsp3) is 0.581. The summed E-state index contributed by atoms with van der Waals surface area (Å²) in [5, 5.41) is 3.31. The monoisotopic (exact) mass is 566 g/mol. The first-order valence-corrected chi connectivity index (χ1v) is 14.7. The van der Waals surface area contributed by atoms with Crippen LogP contribution in [0.1, 0.15) is 38.7 Å². The maximum absolute atomic E-state index is 12.7. The summed E-state index contributed by atoms with van der Waals surface area (Å²) in [7, 11) is 1.77. The average molecular weight is 567 g/mol. The molecule has 10 heteroatoms. The number of fused-ring (bicyclic) bond motifs is 1. The highest BCUT2D eigenvalue weighted by Gasteiger charge is 2.28. The Hall–Kier alpha value is -3.21. The molecule has 2 aliphatic heterocycles. The first kappa shape index (κ1) is 29.3. The minimum absolute atomic E-state index is 0.00865. The molecular weight excluding hydrogens is 524 g/mol. The van der Waals surface area contributed by atoms with Crippen molar-refractivity contribution in [2.24, 2.45) is 18.9 Å². The highest BCUT2D eigenvalue weighted by atomic mass is 16.6. The molecule has 0 amide bonds. The summed E-state index contributed by atoms with van der Waals surface area (Å²) in [5.74, 6) is 1.90. The van der Waals surface area contributed by atoms with Crippen LogP contribution in [0.15, 0.2) is 35.3 Å². The standard InChI is InChI=1S/C31H42N4O6/c1-20(2)28(31(37)41-25-9-13-39-19-25)32-10-14-40-24-5-6-26-27(16-24)35(17-22-7-11-38-12-8-22)29(33-26)23-15-21(3)30(36)34(4)18-23/h5-6,15-16,18,20,22,25,28,32H,7-14,17,19H2,1-4H3/t25?,28-/m0/s1. The summed E-state index contributed by atoms with van der Waals surface area (Å²) in [6, 6.07) is 7.46.